The summed E-state index contributed by atoms with van der Waals surface area (Å²) in [4.78, 5) is 22.8. The quantitative estimate of drug-likeness (QED) is 0.666. The summed E-state index contributed by atoms with van der Waals surface area (Å²) in [7, 11) is 0. The number of halogens is 1. The standard InChI is InChI=1S/C14H19ClN2O3S/c1-3-21-7-6-9(2)16-14(20)17-10-4-5-12(15)11(8-10)13(18)19/h4-5,8-9H,3,6-7H2,1-2H3,(H,18,19)(H2,16,17,20). The lowest BCUT2D eigenvalue weighted by molar-refractivity contribution is 0.0697. The smallest absolute Gasteiger partial charge is 0.337 e. The van der Waals surface area contributed by atoms with Gasteiger partial charge in [-0.15, -0.1) is 0 Å². The van der Waals surface area contributed by atoms with Crippen LogP contribution >= 0.6 is 23.4 Å². The molecule has 21 heavy (non-hydrogen) atoms. The Morgan fingerprint density at radius 3 is 2.76 bits per heavy atom. The molecule has 0 radical (unpaired) electrons. The van der Waals surface area contributed by atoms with Gasteiger partial charge in [-0.25, -0.2) is 9.59 Å². The second-order valence-corrected chi connectivity index (χ2v) is 6.29. The lowest BCUT2D eigenvalue weighted by Gasteiger charge is -2.14. The van der Waals surface area contributed by atoms with Crippen molar-refractivity contribution in [1.82, 2.24) is 5.32 Å². The molecule has 7 heteroatoms. The molecule has 0 bridgehead atoms. The summed E-state index contributed by atoms with van der Waals surface area (Å²) in [5.74, 6) is 0.915. The minimum atomic E-state index is -1.13. The second-order valence-electron chi connectivity index (χ2n) is 4.48. The Bertz CT molecular complexity index is 511. The van der Waals surface area contributed by atoms with E-state index in [9.17, 15) is 9.59 Å². The van der Waals surface area contributed by atoms with Gasteiger partial charge in [-0.2, -0.15) is 11.8 Å². The van der Waals surface area contributed by atoms with Gasteiger partial charge in [0.05, 0.1) is 10.6 Å². The molecule has 0 aromatic heterocycles. The average Bonchev–Trinajstić information content (AvgIpc) is 2.40. The highest BCUT2D eigenvalue weighted by Gasteiger charge is 2.12. The number of hydrogen-bond donors (Lipinski definition) is 3. The molecule has 0 saturated carbocycles. The van der Waals surface area contributed by atoms with E-state index >= 15 is 0 Å². The van der Waals surface area contributed by atoms with E-state index in [1.165, 1.54) is 12.1 Å². The van der Waals surface area contributed by atoms with Crippen molar-refractivity contribution in [2.75, 3.05) is 16.8 Å². The number of carboxylic acids is 1. The molecule has 1 atom stereocenters. The Morgan fingerprint density at radius 1 is 1.43 bits per heavy atom. The number of carboxylic acid groups (broad SMARTS) is 1. The lowest BCUT2D eigenvalue weighted by Crippen LogP contribution is -2.36. The fourth-order valence-electron chi connectivity index (χ4n) is 1.63. The summed E-state index contributed by atoms with van der Waals surface area (Å²) in [5.41, 5.74) is 0.353. The maximum atomic E-state index is 11.8. The fourth-order valence-corrected chi connectivity index (χ4v) is 2.64. The molecular weight excluding hydrogens is 312 g/mol. The highest BCUT2D eigenvalue weighted by Crippen LogP contribution is 2.20. The minimum Gasteiger partial charge on any atom is -0.478 e. The number of rotatable bonds is 7. The molecule has 0 aliphatic rings. The number of amides is 2. The van der Waals surface area contributed by atoms with Gasteiger partial charge in [0.15, 0.2) is 0 Å². The first-order valence-corrected chi connectivity index (χ1v) is 8.15. The Labute approximate surface area is 133 Å². The van der Waals surface area contributed by atoms with Crippen molar-refractivity contribution in [3.63, 3.8) is 0 Å². The van der Waals surface area contributed by atoms with Crippen LogP contribution in [0.25, 0.3) is 0 Å². The van der Waals surface area contributed by atoms with Crippen LogP contribution < -0.4 is 10.6 Å². The molecule has 0 fully saturated rings. The highest BCUT2D eigenvalue weighted by molar-refractivity contribution is 7.99. The van der Waals surface area contributed by atoms with E-state index in [0.29, 0.717) is 5.69 Å². The summed E-state index contributed by atoms with van der Waals surface area (Å²) in [6.07, 6.45) is 0.882. The van der Waals surface area contributed by atoms with E-state index in [1.54, 1.807) is 6.07 Å². The summed E-state index contributed by atoms with van der Waals surface area (Å²) < 4.78 is 0. The van der Waals surface area contributed by atoms with Gasteiger partial charge in [0.1, 0.15) is 0 Å². The zero-order valence-corrected chi connectivity index (χ0v) is 13.6. The van der Waals surface area contributed by atoms with Gasteiger partial charge in [-0.3, -0.25) is 0 Å². The molecule has 5 nitrogen and oxygen atoms in total. The largest absolute Gasteiger partial charge is 0.478 e. The van der Waals surface area contributed by atoms with E-state index < -0.39 is 5.97 Å². The molecule has 1 unspecified atom stereocenters. The van der Waals surface area contributed by atoms with E-state index in [2.05, 4.69) is 17.6 Å². The van der Waals surface area contributed by atoms with Crippen molar-refractivity contribution in [2.45, 2.75) is 26.3 Å². The number of urea groups is 1. The number of benzene rings is 1. The molecule has 116 valence electrons. The van der Waals surface area contributed by atoms with Gasteiger partial charge in [0.2, 0.25) is 0 Å². The molecule has 0 aliphatic carbocycles. The molecule has 0 heterocycles. The number of carbonyl (C=O) groups excluding carboxylic acids is 1. The summed E-state index contributed by atoms with van der Waals surface area (Å²) in [6.45, 7) is 4.02. The minimum absolute atomic E-state index is 0.0399. The van der Waals surface area contributed by atoms with Crippen LogP contribution in [0.5, 0.6) is 0 Å². The lowest BCUT2D eigenvalue weighted by atomic mass is 10.2. The third kappa shape index (κ3) is 6.27. The van der Waals surface area contributed by atoms with Crippen molar-refractivity contribution in [3.05, 3.63) is 28.8 Å². The van der Waals surface area contributed by atoms with E-state index in [1.807, 2.05) is 18.7 Å². The van der Waals surface area contributed by atoms with Crippen LogP contribution in [0.4, 0.5) is 10.5 Å². The van der Waals surface area contributed by atoms with Gasteiger partial charge < -0.3 is 15.7 Å². The first-order chi connectivity index (χ1) is 9.93. The van der Waals surface area contributed by atoms with Gasteiger partial charge in [-0.1, -0.05) is 18.5 Å². The Kier molecular flexibility index (Phi) is 7.39. The van der Waals surface area contributed by atoms with Gasteiger partial charge >= 0.3 is 12.0 Å². The third-order valence-corrected chi connectivity index (χ3v) is 3.99. The zero-order valence-electron chi connectivity index (χ0n) is 12.0. The van der Waals surface area contributed by atoms with Gasteiger partial charge in [0, 0.05) is 11.7 Å². The maximum Gasteiger partial charge on any atom is 0.337 e. The van der Waals surface area contributed by atoms with Crippen LogP contribution in [0.15, 0.2) is 18.2 Å². The van der Waals surface area contributed by atoms with E-state index in [4.69, 9.17) is 16.7 Å². The van der Waals surface area contributed by atoms with Crippen molar-refractivity contribution in [1.29, 1.82) is 0 Å². The van der Waals surface area contributed by atoms with Crippen LogP contribution in [0.1, 0.15) is 30.6 Å². The van der Waals surface area contributed by atoms with Gasteiger partial charge in [-0.05, 0) is 43.0 Å². The van der Waals surface area contributed by atoms with Crippen molar-refractivity contribution in [2.24, 2.45) is 0 Å². The molecule has 1 aromatic rings. The second kappa shape index (κ2) is 8.79. The predicted molar refractivity (Wildman–Crippen MR) is 87.6 cm³/mol. The van der Waals surface area contributed by atoms with E-state index in [-0.39, 0.29) is 22.7 Å². The molecule has 0 aliphatic heterocycles. The summed E-state index contributed by atoms with van der Waals surface area (Å²) in [6, 6.07) is 4.04. The molecule has 0 saturated heterocycles. The van der Waals surface area contributed by atoms with Crippen molar-refractivity contribution in [3.8, 4) is 0 Å². The summed E-state index contributed by atoms with van der Waals surface area (Å²) in [5, 5.41) is 14.5. The molecule has 0 spiro atoms. The Morgan fingerprint density at radius 2 is 2.14 bits per heavy atom. The first kappa shape index (κ1) is 17.7. The average molecular weight is 331 g/mol. The molecular formula is C14H19ClN2O3S. The number of aromatic carboxylic acids is 1. The van der Waals surface area contributed by atoms with Crippen LogP contribution in [-0.2, 0) is 0 Å². The fraction of sp³-hybridized carbons (Fsp3) is 0.429. The number of anilines is 1. The molecule has 2 amide bonds. The zero-order chi connectivity index (χ0) is 15.8. The topological polar surface area (TPSA) is 78.4 Å². The van der Waals surface area contributed by atoms with Crippen molar-refractivity contribution < 1.29 is 14.7 Å². The number of hydrogen-bond acceptors (Lipinski definition) is 3. The third-order valence-electron chi connectivity index (χ3n) is 2.73. The molecule has 1 aromatic carbocycles. The van der Waals surface area contributed by atoms with Crippen LogP contribution in [-0.4, -0.2) is 34.7 Å². The van der Waals surface area contributed by atoms with Gasteiger partial charge in [0.25, 0.3) is 0 Å². The number of carbonyl (C=O) groups is 2. The molecule has 1 rings (SSSR count). The predicted octanol–water partition coefficient (Wildman–Crippen LogP) is 3.69. The maximum absolute atomic E-state index is 11.8. The van der Waals surface area contributed by atoms with Crippen molar-refractivity contribution >= 4 is 41.1 Å². The Balaban J connectivity index is 2.55. The number of nitrogens with one attached hydrogen (secondary N) is 2. The van der Waals surface area contributed by atoms with E-state index in [0.717, 1.165) is 17.9 Å². The van der Waals surface area contributed by atoms with Crippen LogP contribution in [0.2, 0.25) is 5.02 Å². The monoisotopic (exact) mass is 330 g/mol. The highest BCUT2D eigenvalue weighted by atomic mass is 35.5. The normalized spacial score (nSPS) is 11.8. The number of thioether (sulfide) groups is 1. The summed E-state index contributed by atoms with van der Waals surface area (Å²) >= 11 is 7.59. The first-order valence-electron chi connectivity index (χ1n) is 6.62. The van der Waals surface area contributed by atoms with Crippen LogP contribution in [0, 0.1) is 0 Å². The SMILES string of the molecule is CCSCCC(C)NC(=O)Nc1ccc(Cl)c(C(=O)O)c1. The Hall–Kier alpha value is -1.40. The van der Waals surface area contributed by atoms with Crippen LogP contribution in [0.3, 0.4) is 0 Å². The molecule has 3 N–H and O–H groups in total.